The van der Waals surface area contributed by atoms with Gasteiger partial charge in [-0.2, -0.15) is 0 Å². The fourth-order valence-corrected chi connectivity index (χ4v) is 6.05. The zero-order chi connectivity index (χ0) is 19.7. The summed E-state index contributed by atoms with van der Waals surface area (Å²) in [4.78, 5) is 39.6. The van der Waals surface area contributed by atoms with E-state index in [2.05, 4.69) is 33.4 Å². The summed E-state index contributed by atoms with van der Waals surface area (Å²) in [6, 6.07) is 3.55. The van der Waals surface area contributed by atoms with Crippen LogP contribution >= 0.6 is 27.5 Å². The molecule has 0 aromatic heterocycles. The Labute approximate surface area is 176 Å². The summed E-state index contributed by atoms with van der Waals surface area (Å²) in [5.41, 5.74) is 1.40. The molecule has 4 aliphatic carbocycles. The number of hydrogen-bond acceptors (Lipinski definition) is 3. The first-order valence-electron chi connectivity index (χ1n) is 9.66. The molecule has 6 atom stereocenters. The predicted octanol–water partition coefficient (Wildman–Crippen LogP) is 3.79. The molecule has 1 aliphatic heterocycles. The lowest BCUT2D eigenvalue weighted by atomic mass is 9.63. The van der Waals surface area contributed by atoms with E-state index in [1.54, 1.807) is 12.1 Å². The first-order valence-corrected chi connectivity index (χ1v) is 10.8. The van der Waals surface area contributed by atoms with Gasteiger partial charge in [-0.25, -0.2) is 0 Å². The van der Waals surface area contributed by atoms with Crippen molar-refractivity contribution in [1.82, 2.24) is 4.90 Å². The fraction of sp³-hybridized carbons (Fsp3) is 0.476. The van der Waals surface area contributed by atoms with Gasteiger partial charge in [0.05, 0.1) is 16.9 Å². The second kappa shape index (κ2) is 6.42. The number of nitrogens with one attached hydrogen (secondary N) is 1. The zero-order valence-electron chi connectivity index (χ0n) is 15.3. The lowest BCUT2D eigenvalue weighted by Crippen LogP contribution is -2.40. The number of imide groups is 1. The van der Waals surface area contributed by atoms with E-state index in [9.17, 15) is 14.4 Å². The van der Waals surface area contributed by atoms with Crippen molar-refractivity contribution in [2.24, 2.45) is 35.5 Å². The summed E-state index contributed by atoms with van der Waals surface area (Å²) < 4.78 is 0.766. The van der Waals surface area contributed by atoms with E-state index in [0.717, 1.165) is 16.5 Å². The van der Waals surface area contributed by atoms with Crippen LogP contribution in [-0.4, -0.2) is 29.2 Å². The van der Waals surface area contributed by atoms with Crippen molar-refractivity contribution in [3.63, 3.8) is 0 Å². The number of anilines is 1. The molecule has 1 aromatic carbocycles. The number of carbonyl (C=O) groups excluding carboxylic acids is 3. The van der Waals surface area contributed by atoms with E-state index in [1.165, 1.54) is 4.90 Å². The number of benzene rings is 1. The van der Waals surface area contributed by atoms with E-state index < -0.39 is 0 Å². The molecule has 28 heavy (non-hydrogen) atoms. The quantitative estimate of drug-likeness (QED) is 0.546. The fourth-order valence-electron chi connectivity index (χ4n) is 5.45. The molecule has 2 bridgehead atoms. The molecule has 5 nitrogen and oxygen atoms in total. The second-order valence-electron chi connectivity index (χ2n) is 8.31. The molecule has 6 rings (SSSR count). The van der Waals surface area contributed by atoms with Gasteiger partial charge in [0, 0.05) is 23.1 Å². The average molecular weight is 464 g/mol. The Balaban J connectivity index is 1.25. The summed E-state index contributed by atoms with van der Waals surface area (Å²) in [5.74, 6) is 0.767. The van der Waals surface area contributed by atoms with E-state index in [1.807, 2.05) is 6.92 Å². The molecule has 1 N–H and O–H groups in total. The normalized spacial score (nSPS) is 34.5. The van der Waals surface area contributed by atoms with Crippen LogP contribution in [0.2, 0.25) is 5.02 Å². The van der Waals surface area contributed by atoms with Gasteiger partial charge in [0.15, 0.2) is 0 Å². The molecule has 2 saturated carbocycles. The second-order valence-corrected chi connectivity index (χ2v) is 9.55. The summed E-state index contributed by atoms with van der Waals surface area (Å²) in [6.07, 6.45) is 5.54. The summed E-state index contributed by atoms with van der Waals surface area (Å²) >= 11 is 9.56. The molecule has 3 amide bonds. The number of rotatable bonds is 4. The van der Waals surface area contributed by atoms with Crippen LogP contribution in [0, 0.1) is 42.4 Å². The number of hydrogen-bond donors (Lipinski definition) is 1. The molecule has 0 spiro atoms. The molecule has 0 unspecified atom stereocenters. The number of nitrogens with zero attached hydrogens (tertiary/aromatic N) is 1. The summed E-state index contributed by atoms with van der Waals surface area (Å²) in [5, 5.41) is 3.38. The lowest BCUT2D eigenvalue weighted by Gasteiger charge is -2.37. The highest BCUT2D eigenvalue weighted by Gasteiger charge is 2.66. The van der Waals surface area contributed by atoms with Crippen LogP contribution in [0.1, 0.15) is 18.4 Å². The van der Waals surface area contributed by atoms with Gasteiger partial charge in [0.25, 0.3) is 0 Å². The standard InChI is InChI=1S/C21H20BrClN2O3/c1-9-15(5-4-14(22)19(9)23)24-16(26)6-7-25-20(27)17-10-2-3-11(13-8-12(10)13)18(17)21(25)28/h2-5,10-13,17-18H,6-8H2,1H3,(H,24,26)/t10-,11-,12-,13-,17-,18+/m1/s1. The molecular weight excluding hydrogens is 444 g/mol. The third-order valence-corrected chi connectivity index (χ3v) is 8.31. The van der Waals surface area contributed by atoms with Crippen LogP contribution in [0.15, 0.2) is 28.8 Å². The Bertz CT molecular complexity index is 910. The Hall–Kier alpha value is -1.66. The van der Waals surface area contributed by atoms with Gasteiger partial charge in [-0.1, -0.05) is 23.8 Å². The van der Waals surface area contributed by atoms with Gasteiger partial charge in [0.1, 0.15) is 0 Å². The number of allylic oxidation sites excluding steroid dienone is 2. The lowest BCUT2D eigenvalue weighted by molar-refractivity contribution is -0.140. The van der Waals surface area contributed by atoms with Crippen LogP contribution in [0.4, 0.5) is 5.69 Å². The van der Waals surface area contributed by atoms with Crippen molar-refractivity contribution in [2.75, 3.05) is 11.9 Å². The first-order chi connectivity index (χ1) is 13.4. The van der Waals surface area contributed by atoms with Gasteiger partial charge < -0.3 is 5.32 Å². The summed E-state index contributed by atoms with van der Waals surface area (Å²) in [6.45, 7) is 1.96. The first kappa shape index (κ1) is 18.4. The molecule has 5 aliphatic rings. The highest BCUT2D eigenvalue weighted by atomic mass is 79.9. The van der Waals surface area contributed by atoms with Crippen molar-refractivity contribution in [3.8, 4) is 0 Å². The molecular formula is C21H20BrClN2O3. The van der Waals surface area contributed by atoms with E-state index in [0.29, 0.717) is 22.5 Å². The molecule has 0 radical (unpaired) electrons. The van der Waals surface area contributed by atoms with Crippen molar-refractivity contribution >= 4 is 50.9 Å². The predicted molar refractivity (Wildman–Crippen MR) is 109 cm³/mol. The maximum absolute atomic E-state index is 12.9. The van der Waals surface area contributed by atoms with Crippen molar-refractivity contribution in [3.05, 3.63) is 39.3 Å². The third-order valence-electron chi connectivity index (χ3n) is 6.93. The average Bonchev–Trinajstić information content (AvgIpc) is 3.46. The van der Waals surface area contributed by atoms with Gasteiger partial charge in [-0.3, -0.25) is 19.3 Å². The molecule has 1 aromatic rings. The highest BCUT2D eigenvalue weighted by molar-refractivity contribution is 9.10. The Morgan fingerprint density at radius 3 is 2.39 bits per heavy atom. The van der Waals surface area contributed by atoms with Crippen LogP contribution in [0.3, 0.4) is 0 Å². The van der Waals surface area contributed by atoms with Gasteiger partial charge in [-0.15, -0.1) is 0 Å². The van der Waals surface area contributed by atoms with Crippen molar-refractivity contribution in [2.45, 2.75) is 19.8 Å². The van der Waals surface area contributed by atoms with Crippen molar-refractivity contribution in [1.29, 1.82) is 0 Å². The summed E-state index contributed by atoms with van der Waals surface area (Å²) in [7, 11) is 0. The Morgan fingerprint density at radius 1 is 1.18 bits per heavy atom. The van der Waals surface area contributed by atoms with Crippen LogP contribution < -0.4 is 5.32 Å². The Morgan fingerprint density at radius 2 is 1.79 bits per heavy atom. The van der Waals surface area contributed by atoms with E-state index in [-0.39, 0.29) is 54.4 Å². The largest absolute Gasteiger partial charge is 0.326 e. The highest BCUT2D eigenvalue weighted by Crippen LogP contribution is 2.65. The number of amides is 3. The minimum absolute atomic E-state index is 0.0830. The smallest absolute Gasteiger partial charge is 0.233 e. The third kappa shape index (κ3) is 2.61. The number of carbonyl (C=O) groups is 3. The molecule has 146 valence electrons. The van der Waals surface area contributed by atoms with Crippen LogP contribution in [0.5, 0.6) is 0 Å². The monoisotopic (exact) mass is 462 g/mol. The molecule has 1 heterocycles. The van der Waals surface area contributed by atoms with E-state index in [4.69, 9.17) is 11.6 Å². The van der Waals surface area contributed by atoms with E-state index >= 15 is 0 Å². The molecule has 1 saturated heterocycles. The molecule has 3 fully saturated rings. The number of halogens is 2. The van der Waals surface area contributed by atoms with Gasteiger partial charge >= 0.3 is 0 Å². The van der Waals surface area contributed by atoms with Gasteiger partial charge in [0.2, 0.25) is 17.7 Å². The van der Waals surface area contributed by atoms with Crippen molar-refractivity contribution < 1.29 is 14.4 Å². The van der Waals surface area contributed by atoms with Crippen LogP contribution in [0.25, 0.3) is 0 Å². The van der Waals surface area contributed by atoms with Gasteiger partial charge in [-0.05, 0) is 70.6 Å². The maximum atomic E-state index is 12.9. The number of likely N-dealkylation sites (tertiary alicyclic amines) is 1. The maximum Gasteiger partial charge on any atom is 0.233 e. The topological polar surface area (TPSA) is 66.5 Å². The zero-order valence-corrected chi connectivity index (χ0v) is 17.7. The molecule has 7 heteroatoms. The SMILES string of the molecule is Cc1c(NC(=O)CCN2C(=O)[C@@H]3[C@@H]4C=C[C@H]([C@H]5C[C@H]45)[C@@H]3C2=O)ccc(Br)c1Cl. The minimum atomic E-state index is -0.235. The Kier molecular flexibility index (Phi) is 4.22. The minimum Gasteiger partial charge on any atom is -0.326 e. The van der Waals surface area contributed by atoms with Crippen LogP contribution in [-0.2, 0) is 14.4 Å².